The Hall–Kier alpha value is -1.85. The molecule has 0 heterocycles. The monoisotopic (exact) mass is 309 g/mol. The van der Waals surface area contributed by atoms with E-state index in [1.54, 1.807) is 6.92 Å². The summed E-state index contributed by atoms with van der Waals surface area (Å²) in [5, 5.41) is 19.2. The zero-order valence-electron chi connectivity index (χ0n) is 14.6. The molecule has 1 aliphatic rings. The molecule has 122 valence electrons. The lowest BCUT2D eigenvalue weighted by Gasteiger charge is -2.32. The number of hydrogen-bond donors (Lipinski definition) is 1. The lowest BCUT2D eigenvalue weighted by Crippen LogP contribution is -2.18. The summed E-state index contributed by atoms with van der Waals surface area (Å²) in [6.07, 6.45) is 7.29. The fourth-order valence-electron chi connectivity index (χ4n) is 3.40. The molecule has 2 heteroatoms. The molecule has 1 aromatic carbocycles. The van der Waals surface area contributed by atoms with Gasteiger partial charge in [0.15, 0.2) is 0 Å². The summed E-state index contributed by atoms with van der Waals surface area (Å²) < 4.78 is 0. The van der Waals surface area contributed by atoms with Crippen molar-refractivity contribution in [2.45, 2.75) is 53.1 Å². The van der Waals surface area contributed by atoms with Crippen LogP contribution in [0, 0.1) is 22.7 Å². The largest absolute Gasteiger partial charge is 0.387 e. The minimum atomic E-state index is -0.736. The van der Waals surface area contributed by atoms with Crippen molar-refractivity contribution in [3.8, 4) is 6.07 Å². The minimum absolute atomic E-state index is 0.227. The Morgan fingerprint density at radius 2 is 2.04 bits per heavy atom. The number of nitriles is 1. The number of allylic oxidation sites excluding steroid dienone is 3. The molecule has 0 aliphatic heterocycles. The van der Waals surface area contributed by atoms with Gasteiger partial charge in [0.05, 0.1) is 18.1 Å². The highest BCUT2D eigenvalue weighted by atomic mass is 16.3. The van der Waals surface area contributed by atoms with E-state index >= 15 is 0 Å². The summed E-state index contributed by atoms with van der Waals surface area (Å²) in [7, 11) is 0. The van der Waals surface area contributed by atoms with Crippen LogP contribution in [0.25, 0.3) is 6.08 Å². The van der Waals surface area contributed by atoms with E-state index in [-0.39, 0.29) is 5.41 Å². The van der Waals surface area contributed by atoms with Gasteiger partial charge in [-0.1, -0.05) is 49.8 Å². The van der Waals surface area contributed by atoms with E-state index in [1.165, 1.54) is 30.4 Å². The molecule has 0 bridgehead atoms. The number of nitrogens with zero attached hydrogens (tertiary/aromatic N) is 1. The van der Waals surface area contributed by atoms with Gasteiger partial charge in [0, 0.05) is 0 Å². The van der Waals surface area contributed by atoms with E-state index in [4.69, 9.17) is 5.26 Å². The molecule has 23 heavy (non-hydrogen) atoms. The molecule has 0 radical (unpaired) electrons. The zero-order chi connectivity index (χ0) is 17.0. The third-order valence-electron chi connectivity index (χ3n) is 4.91. The van der Waals surface area contributed by atoms with Crippen molar-refractivity contribution in [3.63, 3.8) is 0 Å². The lowest BCUT2D eigenvalue weighted by atomic mass is 9.72. The summed E-state index contributed by atoms with van der Waals surface area (Å²) in [4.78, 5) is 0. The summed E-state index contributed by atoms with van der Waals surface area (Å²) in [6, 6.07) is 9.94. The third kappa shape index (κ3) is 4.12. The molecule has 2 rings (SSSR count). The predicted octanol–water partition coefficient (Wildman–Crippen LogP) is 5.42. The van der Waals surface area contributed by atoms with E-state index in [9.17, 15) is 5.11 Å². The molecular weight excluding hydrogens is 282 g/mol. The molecular formula is C21H27NO. The standard InChI is InChI=1S/C21H27NO/c1-15-7-6-12-21(3,4)19(15)11-10-17-8-5-9-18(13-17)20(23)16(2)14-22/h5,8-11,13,16,20,23H,6-7,12H2,1-4H3/b11-10+. The predicted molar refractivity (Wildman–Crippen MR) is 95.5 cm³/mol. The van der Waals surface area contributed by atoms with Crippen molar-refractivity contribution < 1.29 is 5.11 Å². The molecule has 0 amide bonds. The maximum absolute atomic E-state index is 10.2. The number of aliphatic hydroxyl groups is 1. The van der Waals surface area contributed by atoms with Crippen LogP contribution in [0.4, 0.5) is 0 Å². The van der Waals surface area contributed by atoms with Crippen molar-refractivity contribution >= 4 is 6.08 Å². The first-order chi connectivity index (χ1) is 10.8. The second-order valence-corrected chi connectivity index (χ2v) is 7.30. The Morgan fingerprint density at radius 3 is 2.70 bits per heavy atom. The third-order valence-corrected chi connectivity index (χ3v) is 4.91. The number of benzene rings is 1. The second-order valence-electron chi connectivity index (χ2n) is 7.30. The average molecular weight is 309 g/mol. The minimum Gasteiger partial charge on any atom is -0.387 e. The Labute approximate surface area is 140 Å². The second kappa shape index (κ2) is 7.15. The highest BCUT2D eigenvalue weighted by molar-refractivity contribution is 5.55. The highest BCUT2D eigenvalue weighted by Gasteiger charge is 2.26. The van der Waals surface area contributed by atoms with Crippen molar-refractivity contribution in [1.29, 1.82) is 5.26 Å². The van der Waals surface area contributed by atoms with Gasteiger partial charge in [0.2, 0.25) is 0 Å². The molecule has 1 aromatic rings. The quantitative estimate of drug-likeness (QED) is 0.807. The van der Waals surface area contributed by atoms with Crippen LogP contribution in [0.1, 0.15) is 64.2 Å². The molecule has 0 saturated carbocycles. The van der Waals surface area contributed by atoms with Crippen molar-refractivity contribution in [1.82, 2.24) is 0 Å². The Bertz CT molecular complexity index is 661. The molecule has 1 aliphatic carbocycles. The molecule has 2 atom stereocenters. The topological polar surface area (TPSA) is 44.0 Å². The molecule has 0 aromatic heterocycles. The van der Waals surface area contributed by atoms with Gasteiger partial charge in [0.25, 0.3) is 0 Å². The van der Waals surface area contributed by atoms with Gasteiger partial charge >= 0.3 is 0 Å². The van der Waals surface area contributed by atoms with Crippen LogP contribution >= 0.6 is 0 Å². The van der Waals surface area contributed by atoms with Gasteiger partial charge in [-0.25, -0.2) is 0 Å². The Kier molecular flexibility index (Phi) is 5.44. The SMILES string of the molecule is CC1=C(/C=C/c2cccc(C(O)C(C)C#N)c2)C(C)(C)CCC1. The van der Waals surface area contributed by atoms with Gasteiger partial charge < -0.3 is 5.11 Å². The summed E-state index contributed by atoms with van der Waals surface area (Å²) in [5.74, 6) is -0.406. The normalized spacial score (nSPS) is 20.3. The van der Waals surface area contributed by atoms with Crippen LogP contribution in [-0.2, 0) is 0 Å². The maximum atomic E-state index is 10.2. The molecule has 1 N–H and O–H groups in total. The fourth-order valence-corrected chi connectivity index (χ4v) is 3.40. The van der Waals surface area contributed by atoms with Gasteiger partial charge in [-0.05, 0) is 61.3 Å². The van der Waals surface area contributed by atoms with Crippen LogP contribution < -0.4 is 0 Å². The number of rotatable bonds is 4. The van der Waals surface area contributed by atoms with Gasteiger partial charge in [0.1, 0.15) is 0 Å². The molecule has 0 fully saturated rings. The first kappa shape index (κ1) is 17.5. The summed E-state index contributed by atoms with van der Waals surface area (Å²) in [6.45, 7) is 8.59. The van der Waals surface area contributed by atoms with E-state index in [1.807, 2.05) is 24.3 Å². The summed E-state index contributed by atoms with van der Waals surface area (Å²) in [5.41, 5.74) is 5.00. The van der Waals surface area contributed by atoms with E-state index < -0.39 is 12.0 Å². The number of hydrogen-bond acceptors (Lipinski definition) is 2. The van der Waals surface area contributed by atoms with Crippen molar-refractivity contribution in [2.75, 3.05) is 0 Å². The van der Waals surface area contributed by atoms with Gasteiger partial charge in [-0.2, -0.15) is 5.26 Å². The van der Waals surface area contributed by atoms with Crippen LogP contribution in [0.5, 0.6) is 0 Å². The van der Waals surface area contributed by atoms with E-state index in [0.717, 1.165) is 11.1 Å². The van der Waals surface area contributed by atoms with Gasteiger partial charge in [-0.15, -0.1) is 0 Å². The molecule has 2 unspecified atom stereocenters. The van der Waals surface area contributed by atoms with E-state index in [2.05, 4.69) is 39.0 Å². The lowest BCUT2D eigenvalue weighted by molar-refractivity contribution is 0.143. The average Bonchev–Trinajstić information content (AvgIpc) is 2.52. The van der Waals surface area contributed by atoms with E-state index in [0.29, 0.717) is 0 Å². The zero-order valence-corrected chi connectivity index (χ0v) is 14.6. The molecule has 2 nitrogen and oxygen atoms in total. The first-order valence-electron chi connectivity index (χ1n) is 8.41. The van der Waals surface area contributed by atoms with Crippen LogP contribution in [0.2, 0.25) is 0 Å². The van der Waals surface area contributed by atoms with Gasteiger partial charge in [-0.3, -0.25) is 0 Å². The summed E-state index contributed by atoms with van der Waals surface area (Å²) >= 11 is 0. The molecule has 0 saturated heterocycles. The molecule has 0 spiro atoms. The van der Waals surface area contributed by atoms with Crippen molar-refractivity contribution in [3.05, 3.63) is 52.6 Å². The fraction of sp³-hybridized carbons (Fsp3) is 0.476. The first-order valence-corrected chi connectivity index (χ1v) is 8.41. The highest BCUT2D eigenvalue weighted by Crippen LogP contribution is 2.41. The maximum Gasteiger partial charge on any atom is 0.0945 e. The van der Waals surface area contributed by atoms with Crippen LogP contribution in [0.15, 0.2) is 41.5 Å². The Balaban J connectivity index is 2.26. The Morgan fingerprint density at radius 1 is 1.30 bits per heavy atom. The van der Waals surface area contributed by atoms with Crippen molar-refractivity contribution in [2.24, 2.45) is 11.3 Å². The van der Waals surface area contributed by atoms with Crippen LogP contribution in [0.3, 0.4) is 0 Å². The van der Waals surface area contributed by atoms with Crippen LogP contribution in [-0.4, -0.2) is 5.11 Å². The smallest absolute Gasteiger partial charge is 0.0945 e. The number of aliphatic hydroxyl groups excluding tert-OH is 1.